The molecule has 0 fully saturated rings. The molecule has 0 unspecified atom stereocenters. The fourth-order valence-electron chi connectivity index (χ4n) is 0.467. The zero-order chi connectivity index (χ0) is 9.07. The smallest absolute Gasteiger partial charge is 0.347 e. The first kappa shape index (κ1) is 9.86. The van der Waals surface area contributed by atoms with E-state index >= 15 is 0 Å². The zero-order valence-electron chi connectivity index (χ0n) is 5.52. The molecule has 64 valence electrons. The standard InChI is InChI=1S/C5H8O6/c6-2-1-5(11,3(7)8)4(9)10/h6,11H,1-2H2,(H,7,8)(H,9,10). The van der Waals surface area contributed by atoms with Crippen LogP contribution in [0.4, 0.5) is 0 Å². The SMILES string of the molecule is O=C(O)C(O)(CCO)C(=O)O. The molecule has 0 aliphatic carbocycles. The van der Waals surface area contributed by atoms with Crippen molar-refractivity contribution in [3.63, 3.8) is 0 Å². The van der Waals surface area contributed by atoms with Crippen LogP contribution >= 0.6 is 0 Å². The number of hydrogen-bond acceptors (Lipinski definition) is 4. The summed E-state index contributed by atoms with van der Waals surface area (Å²) in [6.07, 6.45) is -0.725. The van der Waals surface area contributed by atoms with Crippen molar-refractivity contribution in [3.05, 3.63) is 0 Å². The average molecular weight is 164 g/mol. The van der Waals surface area contributed by atoms with Crippen LogP contribution < -0.4 is 0 Å². The molecule has 0 aromatic carbocycles. The molecule has 4 N–H and O–H groups in total. The summed E-state index contributed by atoms with van der Waals surface area (Å²) >= 11 is 0. The van der Waals surface area contributed by atoms with Crippen LogP contribution in [0.1, 0.15) is 6.42 Å². The first-order chi connectivity index (χ1) is 4.95. The Hall–Kier alpha value is -1.14. The largest absolute Gasteiger partial charge is 0.479 e. The Morgan fingerprint density at radius 3 is 1.64 bits per heavy atom. The van der Waals surface area contributed by atoms with E-state index in [4.69, 9.17) is 20.4 Å². The molecule has 0 heterocycles. The molecule has 6 nitrogen and oxygen atoms in total. The Balaban J connectivity index is 4.52. The lowest BCUT2D eigenvalue weighted by Crippen LogP contribution is -2.47. The zero-order valence-corrected chi connectivity index (χ0v) is 5.52. The molecular formula is C5H8O6. The van der Waals surface area contributed by atoms with Gasteiger partial charge in [0.25, 0.3) is 5.60 Å². The molecule has 0 rings (SSSR count). The molecule has 6 heteroatoms. The van der Waals surface area contributed by atoms with Crippen LogP contribution in [0.3, 0.4) is 0 Å². The summed E-state index contributed by atoms with van der Waals surface area (Å²) in [6, 6.07) is 0. The minimum absolute atomic E-state index is 0.699. The molecule has 0 saturated heterocycles. The lowest BCUT2D eigenvalue weighted by atomic mass is 10.0. The normalized spacial score (nSPS) is 11.1. The highest BCUT2D eigenvalue weighted by Gasteiger charge is 2.43. The van der Waals surface area contributed by atoms with Gasteiger partial charge in [-0.25, -0.2) is 9.59 Å². The van der Waals surface area contributed by atoms with E-state index in [0.717, 1.165) is 0 Å². The van der Waals surface area contributed by atoms with Gasteiger partial charge in [-0.05, 0) is 0 Å². The molecule has 0 spiro atoms. The summed E-state index contributed by atoms with van der Waals surface area (Å²) in [5.41, 5.74) is -2.87. The van der Waals surface area contributed by atoms with Crippen LogP contribution in [0, 0.1) is 0 Å². The number of carboxylic acids is 2. The minimum atomic E-state index is -2.87. The van der Waals surface area contributed by atoms with Gasteiger partial charge in [-0.3, -0.25) is 0 Å². The topological polar surface area (TPSA) is 115 Å². The van der Waals surface area contributed by atoms with Crippen LogP contribution in [0.5, 0.6) is 0 Å². The van der Waals surface area contributed by atoms with Crippen molar-refractivity contribution in [2.45, 2.75) is 12.0 Å². The Bertz CT molecular complexity index is 160. The van der Waals surface area contributed by atoms with Gasteiger partial charge in [0.2, 0.25) is 0 Å². The average Bonchev–Trinajstić information content (AvgIpc) is 1.87. The Morgan fingerprint density at radius 2 is 1.55 bits per heavy atom. The lowest BCUT2D eigenvalue weighted by molar-refractivity contribution is -0.177. The molecule has 11 heavy (non-hydrogen) atoms. The van der Waals surface area contributed by atoms with Gasteiger partial charge in [0.1, 0.15) is 0 Å². The van der Waals surface area contributed by atoms with E-state index in [2.05, 4.69) is 0 Å². The molecule has 0 amide bonds. The van der Waals surface area contributed by atoms with E-state index in [-0.39, 0.29) is 0 Å². The molecular weight excluding hydrogens is 156 g/mol. The number of hydrogen-bond donors (Lipinski definition) is 4. The number of aliphatic hydroxyl groups excluding tert-OH is 1. The number of aliphatic hydroxyl groups is 2. The number of carbonyl (C=O) groups is 2. The van der Waals surface area contributed by atoms with Crippen molar-refractivity contribution in [2.75, 3.05) is 6.61 Å². The third-order valence-electron chi connectivity index (χ3n) is 1.18. The third-order valence-corrected chi connectivity index (χ3v) is 1.18. The highest BCUT2D eigenvalue weighted by atomic mass is 16.4. The Kier molecular flexibility index (Phi) is 2.97. The summed E-state index contributed by atoms with van der Waals surface area (Å²) in [4.78, 5) is 20.2. The quantitative estimate of drug-likeness (QED) is 0.367. The van der Waals surface area contributed by atoms with Gasteiger partial charge in [0.15, 0.2) is 0 Å². The molecule has 0 aliphatic heterocycles. The summed E-state index contributed by atoms with van der Waals surface area (Å²) in [5, 5.41) is 33.4. The second-order valence-electron chi connectivity index (χ2n) is 1.94. The monoisotopic (exact) mass is 164 g/mol. The van der Waals surface area contributed by atoms with E-state index in [9.17, 15) is 9.59 Å². The third kappa shape index (κ3) is 1.89. The van der Waals surface area contributed by atoms with Crippen molar-refractivity contribution < 1.29 is 30.0 Å². The van der Waals surface area contributed by atoms with Gasteiger partial charge < -0.3 is 20.4 Å². The van der Waals surface area contributed by atoms with E-state index in [1.807, 2.05) is 0 Å². The van der Waals surface area contributed by atoms with Crippen molar-refractivity contribution >= 4 is 11.9 Å². The molecule has 0 aromatic rings. The lowest BCUT2D eigenvalue weighted by Gasteiger charge is -2.15. The Labute approximate surface area is 61.7 Å². The van der Waals surface area contributed by atoms with Crippen molar-refractivity contribution in [1.82, 2.24) is 0 Å². The number of rotatable bonds is 4. The summed E-state index contributed by atoms with van der Waals surface area (Å²) < 4.78 is 0. The van der Waals surface area contributed by atoms with Crippen molar-refractivity contribution in [3.8, 4) is 0 Å². The van der Waals surface area contributed by atoms with Gasteiger partial charge in [0, 0.05) is 13.0 Å². The van der Waals surface area contributed by atoms with Gasteiger partial charge in [-0.15, -0.1) is 0 Å². The first-order valence-corrected chi connectivity index (χ1v) is 2.75. The fraction of sp³-hybridized carbons (Fsp3) is 0.600. The molecule has 0 atom stereocenters. The van der Waals surface area contributed by atoms with E-state index in [1.165, 1.54) is 0 Å². The molecule has 0 bridgehead atoms. The van der Waals surface area contributed by atoms with Gasteiger partial charge in [0.05, 0.1) is 0 Å². The van der Waals surface area contributed by atoms with E-state index < -0.39 is 30.6 Å². The molecule has 0 aromatic heterocycles. The van der Waals surface area contributed by atoms with Crippen LogP contribution in [-0.4, -0.2) is 44.6 Å². The predicted molar refractivity (Wildman–Crippen MR) is 31.9 cm³/mol. The van der Waals surface area contributed by atoms with Gasteiger partial charge in [-0.2, -0.15) is 0 Å². The van der Waals surface area contributed by atoms with Crippen LogP contribution in [-0.2, 0) is 9.59 Å². The van der Waals surface area contributed by atoms with Crippen LogP contribution in [0.15, 0.2) is 0 Å². The molecule has 0 saturated carbocycles. The maximum absolute atomic E-state index is 10.1. The minimum Gasteiger partial charge on any atom is -0.479 e. The van der Waals surface area contributed by atoms with Gasteiger partial charge in [-0.1, -0.05) is 0 Å². The number of carboxylic acid groups (broad SMARTS) is 2. The van der Waals surface area contributed by atoms with Crippen LogP contribution in [0.2, 0.25) is 0 Å². The number of aliphatic carboxylic acids is 2. The second-order valence-corrected chi connectivity index (χ2v) is 1.94. The maximum atomic E-state index is 10.1. The summed E-state index contributed by atoms with van der Waals surface area (Å²) in [6.45, 7) is -0.699. The first-order valence-electron chi connectivity index (χ1n) is 2.75. The Morgan fingerprint density at radius 1 is 1.18 bits per heavy atom. The van der Waals surface area contributed by atoms with Crippen molar-refractivity contribution in [2.24, 2.45) is 0 Å². The molecule has 0 radical (unpaired) electrons. The van der Waals surface area contributed by atoms with Crippen molar-refractivity contribution in [1.29, 1.82) is 0 Å². The summed E-state index contributed by atoms with van der Waals surface area (Å²) in [7, 11) is 0. The highest BCUT2D eigenvalue weighted by molar-refractivity contribution is 6.01. The second kappa shape index (κ2) is 3.31. The fourth-order valence-corrected chi connectivity index (χ4v) is 0.467. The predicted octanol–water partition coefficient (Wildman–Crippen LogP) is -1.73. The maximum Gasteiger partial charge on any atom is 0.347 e. The molecule has 0 aliphatic rings. The van der Waals surface area contributed by atoms with E-state index in [0.29, 0.717) is 0 Å². The summed E-state index contributed by atoms with van der Waals surface area (Å²) in [5.74, 6) is -3.75. The van der Waals surface area contributed by atoms with Crippen LogP contribution in [0.25, 0.3) is 0 Å². The van der Waals surface area contributed by atoms with E-state index in [1.54, 1.807) is 0 Å². The van der Waals surface area contributed by atoms with Gasteiger partial charge >= 0.3 is 11.9 Å². The highest BCUT2D eigenvalue weighted by Crippen LogP contribution is 2.09.